The molecular formula is C50H32N4. The van der Waals surface area contributed by atoms with Gasteiger partial charge in [0.1, 0.15) is 0 Å². The molecule has 10 rings (SSSR count). The van der Waals surface area contributed by atoms with Gasteiger partial charge in [-0.1, -0.05) is 176 Å². The van der Waals surface area contributed by atoms with E-state index in [4.69, 9.17) is 15.0 Å². The normalized spacial score (nSPS) is 11.3. The predicted octanol–water partition coefficient (Wildman–Crippen LogP) is 12.7. The number of nitrogens with zero attached hydrogens (tertiary/aromatic N) is 4. The third-order valence-corrected chi connectivity index (χ3v) is 10.2. The molecule has 0 fully saturated rings. The highest BCUT2D eigenvalue weighted by molar-refractivity contribution is 6.20. The summed E-state index contributed by atoms with van der Waals surface area (Å²) in [5.74, 6) is 1.89. The zero-order valence-corrected chi connectivity index (χ0v) is 29.3. The van der Waals surface area contributed by atoms with Gasteiger partial charge < -0.3 is 0 Å². The highest BCUT2D eigenvalue weighted by atomic mass is 15.0. The number of pyridine rings is 1. The lowest BCUT2D eigenvalue weighted by Gasteiger charge is -2.13. The van der Waals surface area contributed by atoms with E-state index in [0.717, 1.165) is 44.3 Å². The zero-order chi connectivity index (χ0) is 35.8. The largest absolute Gasteiger partial charge is 0.264 e. The quantitative estimate of drug-likeness (QED) is 0.163. The van der Waals surface area contributed by atoms with Crippen molar-refractivity contribution in [2.45, 2.75) is 0 Å². The second-order valence-corrected chi connectivity index (χ2v) is 13.5. The Hall–Kier alpha value is -7.30. The van der Waals surface area contributed by atoms with Crippen LogP contribution in [0.2, 0.25) is 0 Å². The minimum absolute atomic E-state index is 0.625. The standard InChI is InChI=1S/C50H32N4/c1-3-10-33(11-4-1)34-18-22-38(23-19-34)48-52-49(54-50(53-48)46-16-8-7-15-41(46)35-12-5-2-6-13-35)39-24-20-36(21-25-39)43-17-9-14-37-26-28-44-42-30-31-51-32-40(42)27-29-45(44)47(37)43/h1-32H. The van der Waals surface area contributed by atoms with Crippen molar-refractivity contribution in [2.75, 3.05) is 0 Å². The van der Waals surface area contributed by atoms with E-state index in [1.807, 2.05) is 30.6 Å². The molecule has 8 aromatic carbocycles. The van der Waals surface area contributed by atoms with E-state index in [1.165, 1.54) is 38.1 Å². The van der Waals surface area contributed by atoms with Gasteiger partial charge in [0.2, 0.25) is 0 Å². The Morgan fingerprint density at radius 2 is 0.796 bits per heavy atom. The fourth-order valence-corrected chi connectivity index (χ4v) is 7.56. The summed E-state index contributed by atoms with van der Waals surface area (Å²) in [6.45, 7) is 0. The number of aromatic nitrogens is 4. The van der Waals surface area contributed by atoms with E-state index in [1.54, 1.807) is 0 Å². The van der Waals surface area contributed by atoms with Crippen molar-refractivity contribution in [3.8, 4) is 67.5 Å². The van der Waals surface area contributed by atoms with E-state index in [-0.39, 0.29) is 0 Å². The molecule has 0 unspecified atom stereocenters. The summed E-state index contributed by atoms with van der Waals surface area (Å²) in [5.41, 5.74) is 9.62. The van der Waals surface area contributed by atoms with Crippen molar-refractivity contribution in [1.82, 2.24) is 19.9 Å². The van der Waals surface area contributed by atoms with Gasteiger partial charge in [0.05, 0.1) is 0 Å². The molecule has 0 aliphatic carbocycles. The lowest BCUT2D eigenvalue weighted by molar-refractivity contribution is 1.07. The highest BCUT2D eigenvalue weighted by Crippen LogP contribution is 2.38. The van der Waals surface area contributed by atoms with Gasteiger partial charge in [-0.15, -0.1) is 0 Å². The number of benzene rings is 8. The van der Waals surface area contributed by atoms with Crippen LogP contribution < -0.4 is 0 Å². The molecule has 4 nitrogen and oxygen atoms in total. The molecule has 0 radical (unpaired) electrons. The van der Waals surface area contributed by atoms with E-state index in [9.17, 15) is 0 Å². The minimum Gasteiger partial charge on any atom is -0.264 e. The monoisotopic (exact) mass is 688 g/mol. The first-order valence-electron chi connectivity index (χ1n) is 18.1. The molecule has 0 atom stereocenters. The molecular weight excluding hydrogens is 657 g/mol. The molecule has 0 amide bonds. The molecule has 0 saturated heterocycles. The van der Waals surface area contributed by atoms with Crippen LogP contribution in [-0.4, -0.2) is 19.9 Å². The summed E-state index contributed by atoms with van der Waals surface area (Å²) >= 11 is 0. The van der Waals surface area contributed by atoms with E-state index in [2.05, 4.69) is 169 Å². The molecule has 0 aliphatic heterocycles. The van der Waals surface area contributed by atoms with Gasteiger partial charge in [-0.2, -0.15) is 0 Å². The smallest absolute Gasteiger partial charge is 0.164 e. The van der Waals surface area contributed by atoms with Crippen LogP contribution in [0.25, 0.3) is 99.9 Å². The second-order valence-electron chi connectivity index (χ2n) is 13.5. The zero-order valence-electron chi connectivity index (χ0n) is 29.3. The number of rotatable bonds is 6. The summed E-state index contributed by atoms with van der Waals surface area (Å²) in [6, 6.07) is 63.7. The third-order valence-electron chi connectivity index (χ3n) is 10.2. The van der Waals surface area contributed by atoms with Crippen molar-refractivity contribution >= 4 is 32.3 Å². The molecule has 0 aliphatic rings. The Morgan fingerprint density at radius 1 is 0.278 bits per heavy atom. The van der Waals surface area contributed by atoms with Crippen LogP contribution in [0.3, 0.4) is 0 Å². The lowest BCUT2D eigenvalue weighted by atomic mass is 9.92. The maximum absolute atomic E-state index is 5.15. The van der Waals surface area contributed by atoms with Gasteiger partial charge in [0, 0.05) is 34.5 Å². The first kappa shape index (κ1) is 31.4. The van der Waals surface area contributed by atoms with E-state index >= 15 is 0 Å². The minimum atomic E-state index is 0.625. The maximum Gasteiger partial charge on any atom is 0.164 e. The summed E-state index contributed by atoms with van der Waals surface area (Å²) in [6.07, 6.45) is 3.80. The molecule has 0 saturated carbocycles. The van der Waals surface area contributed by atoms with Gasteiger partial charge in [-0.25, -0.2) is 15.0 Å². The summed E-state index contributed by atoms with van der Waals surface area (Å²) in [5, 5.41) is 7.25. The Bertz CT molecular complexity index is 2960. The van der Waals surface area contributed by atoms with Crippen LogP contribution in [0, 0.1) is 0 Å². The Morgan fingerprint density at radius 3 is 1.52 bits per heavy atom. The molecule has 4 heteroatoms. The number of hydrogen-bond donors (Lipinski definition) is 0. The van der Waals surface area contributed by atoms with Gasteiger partial charge in [-0.3, -0.25) is 4.98 Å². The van der Waals surface area contributed by atoms with Gasteiger partial charge in [0.15, 0.2) is 17.5 Å². The van der Waals surface area contributed by atoms with E-state index in [0.29, 0.717) is 17.5 Å². The second kappa shape index (κ2) is 13.4. The molecule has 252 valence electrons. The molecule has 2 aromatic heterocycles. The molecule has 0 N–H and O–H groups in total. The van der Waals surface area contributed by atoms with Crippen LogP contribution in [-0.2, 0) is 0 Å². The molecule has 2 heterocycles. The SMILES string of the molecule is c1ccc(-c2ccc(-c3nc(-c4ccc(-c5cccc6ccc7c8ccncc8ccc7c56)cc4)nc(-c4ccccc4-c4ccccc4)n3)cc2)cc1. The topological polar surface area (TPSA) is 51.6 Å². The molecule has 10 aromatic rings. The van der Waals surface area contributed by atoms with Crippen LogP contribution in [0.5, 0.6) is 0 Å². The summed E-state index contributed by atoms with van der Waals surface area (Å²) < 4.78 is 0. The average molecular weight is 689 g/mol. The highest BCUT2D eigenvalue weighted by Gasteiger charge is 2.17. The van der Waals surface area contributed by atoms with Gasteiger partial charge in [0.25, 0.3) is 0 Å². The van der Waals surface area contributed by atoms with Crippen molar-refractivity contribution < 1.29 is 0 Å². The van der Waals surface area contributed by atoms with Crippen molar-refractivity contribution in [3.63, 3.8) is 0 Å². The summed E-state index contributed by atoms with van der Waals surface area (Å²) in [4.78, 5) is 19.7. The first-order chi connectivity index (χ1) is 26.8. The maximum atomic E-state index is 5.15. The molecule has 54 heavy (non-hydrogen) atoms. The van der Waals surface area contributed by atoms with Crippen LogP contribution in [0.4, 0.5) is 0 Å². The van der Waals surface area contributed by atoms with Crippen LogP contribution >= 0.6 is 0 Å². The van der Waals surface area contributed by atoms with Gasteiger partial charge >= 0.3 is 0 Å². The lowest BCUT2D eigenvalue weighted by Crippen LogP contribution is -2.01. The molecule has 0 bridgehead atoms. The Balaban J connectivity index is 1.10. The van der Waals surface area contributed by atoms with Crippen molar-refractivity contribution in [3.05, 3.63) is 194 Å². The Labute approximate surface area is 313 Å². The predicted molar refractivity (Wildman–Crippen MR) is 223 cm³/mol. The Kier molecular flexibility index (Phi) is 7.77. The molecule has 0 spiro atoms. The summed E-state index contributed by atoms with van der Waals surface area (Å²) in [7, 11) is 0. The van der Waals surface area contributed by atoms with Gasteiger partial charge in [-0.05, 0) is 66.4 Å². The third kappa shape index (κ3) is 5.67. The van der Waals surface area contributed by atoms with Crippen molar-refractivity contribution in [2.24, 2.45) is 0 Å². The number of fused-ring (bicyclic) bond motifs is 5. The van der Waals surface area contributed by atoms with Crippen molar-refractivity contribution in [1.29, 1.82) is 0 Å². The fraction of sp³-hybridized carbons (Fsp3) is 0. The fourth-order valence-electron chi connectivity index (χ4n) is 7.56. The van der Waals surface area contributed by atoms with Crippen LogP contribution in [0.15, 0.2) is 194 Å². The van der Waals surface area contributed by atoms with Crippen LogP contribution in [0.1, 0.15) is 0 Å². The van der Waals surface area contributed by atoms with E-state index < -0.39 is 0 Å². The first-order valence-corrected chi connectivity index (χ1v) is 18.1. The average Bonchev–Trinajstić information content (AvgIpc) is 3.26. The number of hydrogen-bond acceptors (Lipinski definition) is 4.